The van der Waals surface area contributed by atoms with Gasteiger partial charge < -0.3 is 5.32 Å². The minimum Gasteiger partial charge on any atom is -0.382 e. The first-order valence-corrected chi connectivity index (χ1v) is 7.06. The van der Waals surface area contributed by atoms with Crippen molar-refractivity contribution in [1.29, 1.82) is 0 Å². The zero-order valence-corrected chi connectivity index (χ0v) is 12.1. The Morgan fingerprint density at radius 2 is 1.95 bits per heavy atom. The maximum atomic E-state index is 12.8. The van der Waals surface area contributed by atoms with Crippen molar-refractivity contribution in [2.75, 3.05) is 25.0 Å². The van der Waals surface area contributed by atoms with Crippen molar-refractivity contribution in [2.24, 2.45) is 0 Å². The van der Waals surface area contributed by atoms with Crippen molar-refractivity contribution in [3.05, 3.63) is 28.8 Å². The molecule has 0 bridgehead atoms. The van der Waals surface area contributed by atoms with E-state index in [0.717, 1.165) is 38.1 Å². The van der Waals surface area contributed by atoms with Gasteiger partial charge in [0.2, 0.25) is 0 Å². The molecule has 0 aromatic heterocycles. The summed E-state index contributed by atoms with van der Waals surface area (Å²) >= 11 is 5.77. The third-order valence-corrected chi connectivity index (χ3v) is 3.72. The van der Waals surface area contributed by atoms with Crippen LogP contribution < -0.4 is 5.32 Å². The van der Waals surface area contributed by atoms with Gasteiger partial charge in [-0.25, -0.2) is 0 Å². The first kappa shape index (κ1) is 16.0. The molecule has 1 heterocycles. The number of halogens is 4. The van der Waals surface area contributed by atoms with Crippen LogP contribution in [0.25, 0.3) is 0 Å². The zero-order valence-electron chi connectivity index (χ0n) is 11.4. The van der Waals surface area contributed by atoms with Gasteiger partial charge >= 0.3 is 6.18 Å². The molecule has 0 amide bonds. The second kappa shape index (κ2) is 6.59. The average Bonchev–Trinajstić information content (AvgIpc) is 2.40. The van der Waals surface area contributed by atoms with Gasteiger partial charge in [-0.3, -0.25) is 4.90 Å². The van der Waals surface area contributed by atoms with Crippen LogP contribution in [0.4, 0.5) is 18.9 Å². The monoisotopic (exact) mass is 316 g/mol. The number of rotatable bonds is 3. The van der Waals surface area contributed by atoms with Gasteiger partial charge in [-0.05, 0) is 31.0 Å². The Morgan fingerprint density at radius 1 is 1.29 bits per heavy atom. The number of likely N-dealkylation sites (tertiary alicyclic amines) is 1. The molecule has 1 aliphatic rings. The van der Waals surface area contributed by atoms with Crippen LogP contribution in [-0.2, 0) is 6.18 Å². The molecule has 1 saturated heterocycles. The Hall–Kier alpha value is -1.38. The van der Waals surface area contributed by atoms with Crippen LogP contribution in [0, 0.1) is 12.3 Å². The molecule has 114 valence electrons. The highest BCUT2D eigenvalue weighted by atomic mass is 35.5. The third-order valence-electron chi connectivity index (χ3n) is 3.50. The van der Waals surface area contributed by atoms with Crippen LogP contribution in [0.2, 0.25) is 5.02 Å². The highest BCUT2D eigenvalue weighted by molar-refractivity contribution is 6.30. The van der Waals surface area contributed by atoms with Crippen LogP contribution in [0.3, 0.4) is 0 Å². The molecule has 1 N–H and O–H groups in total. The van der Waals surface area contributed by atoms with E-state index < -0.39 is 11.7 Å². The van der Waals surface area contributed by atoms with Crippen LogP contribution in [0.1, 0.15) is 18.4 Å². The molecule has 1 fully saturated rings. The standard InChI is InChI=1S/C15H16ClF3N2/c1-2-5-21-6-3-13(4-7-21)20-14-9-11(15(17,18)19)8-12(16)10-14/h1,8-10,13,20H,3-7H2. The van der Waals surface area contributed by atoms with E-state index in [1.54, 1.807) is 0 Å². The molecule has 0 saturated carbocycles. The number of nitrogens with one attached hydrogen (secondary N) is 1. The predicted octanol–water partition coefficient (Wildman–Crippen LogP) is 3.87. The molecule has 1 aromatic carbocycles. The van der Waals surface area contributed by atoms with Gasteiger partial charge in [0, 0.05) is 29.8 Å². The van der Waals surface area contributed by atoms with E-state index in [1.807, 2.05) is 0 Å². The van der Waals surface area contributed by atoms with Crippen LogP contribution >= 0.6 is 11.6 Å². The summed E-state index contributed by atoms with van der Waals surface area (Å²) in [6.45, 7) is 2.30. The van der Waals surface area contributed by atoms with Gasteiger partial charge in [-0.1, -0.05) is 17.5 Å². The second-order valence-electron chi connectivity index (χ2n) is 5.13. The number of hydrogen-bond donors (Lipinski definition) is 1. The largest absolute Gasteiger partial charge is 0.416 e. The SMILES string of the molecule is C#CCN1CCC(Nc2cc(Cl)cc(C(F)(F)F)c2)CC1. The van der Waals surface area contributed by atoms with Gasteiger partial charge in [-0.2, -0.15) is 13.2 Å². The number of nitrogens with zero attached hydrogens (tertiary/aromatic N) is 1. The molecule has 2 rings (SSSR count). The van der Waals surface area contributed by atoms with E-state index in [1.165, 1.54) is 6.07 Å². The van der Waals surface area contributed by atoms with E-state index in [-0.39, 0.29) is 11.1 Å². The number of hydrogen-bond acceptors (Lipinski definition) is 2. The topological polar surface area (TPSA) is 15.3 Å². The highest BCUT2D eigenvalue weighted by Gasteiger charge is 2.31. The van der Waals surface area contributed by atoms with Crippen molar-refractivity contribution in [3.63, 3.8) is 0 Å². The van der Waals surface area contributed by atoms with E-state index in [4.69, 9.17) is 18.0 Å². The first-order chi connectivity index (χ1) is 9.88. The molecule has 6 heteroatoms. The van der Waals surface area contributed by atoms with Crippen molar-refractivity contribution < 1.29 is 13.2 Å². The van der Waals surface area contributed by atoms with Crippen LogP contribution in [-0.4, -0.2) is 30.6 Å². The van der Waals surface area contributed by atoms with E-state index >= 15 is 0 Å². The fraction of sp³-hybridized carbons (Fsp3) is 0.467. The lowest BCUT2D eigenvalue weighted by Gasteiger charge is -2.31. The zero-order chi connectivity index (χ0) is 15.5. The number of benzene rings is 1. The summed E-state index contributed by atoms with van der Waals surface area (Å²) in [5.74, 6) is 2.60. The second-order valence-corrected chi connectivity index (χ2v) is 5.56. The summed E-state index contributed by atoms with van der Waals surface area (Å²) in [4.78, 5) is 2.15. The Balaban J connectivity index is 2.01. The fourth-order valence-electron chi connectivity index (χ4n) is 2.44. The molecular weight excluding hydrogens is 301 g/mol. The summed E-state index contributed by atoms with van der Waals surface area (Å²) in [5, 5.41) is 3.21. The Kier molecular flexibility index (Phi) is 5.02. The fourth-order valence-corrected chi connectivity index (χ4v) is 2.67. The van der Waals surface area contributed by atoms with E-state index in [0.29, 0.717) is 12.2 Å². The normalized spacial score (nSPS) is 17.5. The van der Waals surface area contributed by atoms with Gasteiger partial charge in [-0.15, -0.1) is 6.42 Å². The summed E-state index contributed by atoms with van der Waals surface area (Å²) in [5.41, 5.74) is -0.326. The quantitative estimate of drug-likeness (QED) is 0.852. The van der Waals surface area contributed by atoms with Gasteiger partial charge in [0.15, 0.2) is 0 Å². The lowest BCUT2D eigenvalue weighted by Crippen LogP contribution is -2.39. The van der Waals surface area contributed by atoms with Gasteiger partial charge in [0.1, 0.15) is 0 Å². The van der Waals surface area contributed by atoms with Gasteiger partial charge in [0.05, 0.1) is 12.1 Å². The maximum absolute atomic E-state index is 12.8. The predicted molar refractivity (Wildman–Crippen MR) is 78.4 cm³/mol. The molecular formula is C15H16ClF3N2. The van der Waals surface area contributed by atoms with Gasteiger partial charge in [0.25, 0.3) is 0 Å². The molecule has 0 aliphatic carbocycles. The van der Waals surface area contributed by atoms with Crippen molar-refractivity contribution in [3.8, 4) is 12.3 Å². The minimum absolute atomic E-state index is 0.0806. The molecule has 0 unspecified atom stereocenters. The highest BCUT2D eigenvalue weighted by Crippen LogP contribution is 2.33. The lowest BCUT2D eigenvalue weighted by molar-refractivity contribution is -0.137. The average molecular weight is 317 g/mol. The Labute approximate surface area is 127 Å². The van der Waals surface area contributed by atoms with Crippen molar-refractivity contribution >= 4 is 17.3 Å². The minimum atomic E-state index is -4.39. The third kappa shape index (κ3) is 4.55. The molecule has 1 aromatic rings. The smallest absolute Gasteiger partial charge is 0.382 e. The van der Waals surface area contributed by atoms with E-state index in [2.05, 4.69) is 16.1 Å². The lowest BCUT2D eigenvalue weighted by atomic mass is 10.0. The van der Waals surface area contributed by atoms with Crippen LogP contribution in [0.15, 0.2) is 18.2 Å². The molecule has 0 atom stereocenters. The number of terminal acetylenes is 1. The van der Waals surface area contributed by atoms with Crippen molar-refractivity contribution in [1.82, 2.24) is 4.90 Å². The Morgan fingerprint density at radius 3 is 2.52 bits per heavy atom. The van der Waals surface area contributed by atoms with Crippen molar-refractivity contribution in [2.45, 2.75) is 25.1 Å². The molecule has 2 nitrogen and oxygen atoms in total. The first-order valence-electron chi connectivity index (χ1n) is 6.68. The molecule has 0 spiro atoms. The summed E-state index contributed by atoms with van der Waals surface area (Å²) < 4.78 is 38.3. The molecule has 1 aliphatic heterocycles. The summed E-state index contributed by atoms with van der Waals surface area (Å²) in [7, 11) is 0. The van der Waals surface area contributed by atoms with Crippen LogP contribution in [0.5, 0.6) is 0 Å². The number of alkyl halides is 3. The maximum Gasteiger partial charge on any atom is 0.416 e. The Bertz CT molecular complexity index is 529. The number of anilines is 1. The van der Waals surface area contributed by atoms with E-state index in [9.17, 15) is 13.2 Å². The number of piperidine rings is 1. The summed E-state index contributed by atoms with van der Waals surface area (Å²) in [6.07, 6.45) is 2.56. The molecule has 0 radical (unpaired) electrons. The molecule has 21 heavy (non-hydrogen) atoms. The summed E-state index contributed by atoms with van der Waals surface area (Å²) in [6, 6.07) is 3.69.